The summed E-state index contributed by atoms with van der Waals surface area (Å²) >= 11 is 2.51. The molecule has 1 saturated carbocycles. The summed E-state index contributed by atoms with van der Waals surface area (Å²) in [5.41, 5.74) is 0. The van der Waals surface area contributed by atoms with E-state index in [9.17, 15) is 9.59 Å². The lowest BCUT2D eigenvalue weighted by Gasteiger charge is -2.37. The van der Waals surface area contributed by atoms with Crippen molar-refractivity contribution in [2.75, 3.05) is 37.9 Å². The quantitative estimate of drug-likeness (QED) is 0.357. The van der Waals surface area contributed by atoms with Crippen LogP contribution in [0.1, 0.15) is 46.0 Å². The van der Waals surface area contributed by atoms with Crippen LogP contribution in [0.4, 0.5) is 9.93 Å². The number of hydrogen-bond donors (Lipinski definition) is 2. The Morgan fingerprint density at radius 1 is 1.33 bits per heavy atom. The summed E-state index contributed by atoms with van der Waals surface area (Å²) in [4.78, 5) is 29.9. The van der Waals surface area contributed by atoms with E-state index in [0.717, 1.165) is 36.3 Å². The molecular formula is C20H33N3O5S2. The maximum atomic E-state index is 13.0. The van der Waals surface area contributed by atoms with Crippen LogP contribution in [0.3, 0.4) is 0 Å². The lowest BCUT2D eigenvalue weighted by atomic mass is 9.91. The third-order valence-electron chi connectivity index (χ3n) is 4.97. The second-order valence-corrected chi connectivity index (χ2v) is 10.1. The largest absolute Gasteiger partial charge is 0.481 e. The molecule has 10 heteroatoms. The number of aromatic nitrogens is 1. The summed E-state index contributed by atoms with van der Waals surface area (Å²) in [7, 11) is 1.67. The third kappa shape index (κ3) is 8.79. The second kappa shape index (κ2) is 13.1. The van der Waals surface area contributed by atoms with Gasteiger partial charge in [0.05, 0.1) is 35.5 Å². The van der Waals surface area contributed by atoms with Gasteiger partial charge in [0, 0.05) is 19.7 Å². The molecule has 0 radical (unpaired) electrons. The molecule has 1 aliphatic carbocycles. The van der Waals surface area contributed by atoms with Crippen LogP contribution in [0.25, 0.3) is 0 Å². The molecule has 2 rings (SSSR count). The molecule has 0 spiro atoms. The lowest BCUT2D eigenvalue weighted by molar-refractivity contribution is -0.133. The van der Waals surface area contributed by atoms with Gasteiger partial charge >= 0.3 is 12.0 Å². The molecule has 1 aliphatic rings. The van der Waals surface area contributed by atoms with E-state index in [0.29, 0.717) is 30.8 Å². The molecule has 0 aliphatic heterocycles. The third-order valence-corrected chi connectivity index (χ3v) is 7.06. The van der Waals surface area contributed by atoms with E-state index in [1.165, 1.54) is 23.1 Å². The molecule has 2 amide bonds. The summed E-state index contributed by atoms with van der Waals surface area (Å²) in [6, 6.07) is 0.0513. The predicted octanol–water partition coefficient (Wildman–Crippen LogP) is 4.17. The maximum Gasteiger partial charge on any atom is 0.323 e. The predicted molar refractivity (Wildman–Crippen MR) is 120 cm³/mol. The first-order valence-electron chi connectivity index (χ1n) is 10.4. The molecule has 1 heterocycles. The minimum absolute atomic E-state index is 0.0220. The van der Waals surface area contributed by atoms with Gasteiger partial charge < -0.3 is 19.5 Å². The van der Waals surface area contributed by atoms with Gasteiger partial charge in [-0.15, -0.1) is 11.8 Å². The molecule has 1 aromatic rings. The van der Waals surface area contributed by atoms with Crippen LogP contribution < -0.4 is 5.32 Å². The zero-order valence-corrected chi connectivity index (χ0v) is 19.6. The van der Waals surface area contributed by atoms with Gasteiger partial charge in [0.2, 0.25) is 0 Å². The molecule has 30 heavy (non-hydrogen) atoms. The number of aliphatic carboxylic acids is 1. The van der Waals surface area contributed by atoms with Crippen LogP contribution in [0.2, 0.25) is 0 Å². The average molecular weight is 460 g/mol. The highest BCUT2D eigenvalue weighted by atomic mass is 32.2. The number of rotatable bonds is 12. The molecule has 170 valence electrons. The van der Waals surface area contributed by atoms with Crippen LogP contribution in [0.15, 0.2) is 10.4 Å². The Hall–Kier alpha value is -1.36. The molecule has 0 bridgehead atoms. The number of thiazole rings is 1. The number of ether oxygens (including phenoxy) is 2. The van der Waals surface area contributed by atoms with Crippen LogP contribution in [-0.4, -0.2) is 71.8 Å². The molecule has 0 atom stereocenters. The molecule has 0 aromatic carbocycles. The zero-order valence-electron chi connectivity index (χ0n) is 18.0. The van der Waals surface area contributed by atoms with Gasteiger partial charge in [0.15, 0.2) is 5.13 Å². The minimum Gasteiger partial charge on any atom is -0.481 e. The number of carboxylic acids is 1. The summed E-state index contributed by atoms with van der Waals surface area (Å²) in [5, 5.41) is 12.2. The van der Waals surface area contributed by atoms with Gasteiger partial charge in [-0.25, -0.2) is 9.78 Å². The van der Waals surface area contributed by atoms with E-state index in [4.69, 9.17) is 14.6 Å². The van der Waals surface area contributed by atoms with E-state index in [1.54, 1.807) is 13.3 Å². The Kier molecular flexibility index (Phi) is 10.9. The van der Waals surface area contributed by atoms with E-state index in [-0.39, 0.29) is 23.9 Å². The van der Waals surface area contributed by atoms with E-state index >= 15 is 0 Å². The van der Waals surface area contributed by atoms with Gasteiger partial charge in [0.25, 0.3) is 0 Å². The van der Waals surface area contributed by atoms with E-state index in [1.807, 2.05) is 4.90 Å². The molecule has 2 N–H and O–H groups in total. The lowest BCUT2D eigenvalue weighted by Crippen LogP contribution is -2.46. The van der Waals surface area contributed by atoms with Gasteiger partial charge in [-0.05, 0) is 38.0 Å². The molecule has 1 aromatic heterocycles. The van der Waals surface area contributed by atoms with Crippen molar-refractivity contribution in [3.05, 3.63) is 6.20 Å². The number of amides is 2. The van der Waals surface area contributed by atoms with Crippen molar-refractivity contribution < 1.29 is 24.2 Å². The van der Waals surface area contributed by atoms with Crippen molar-refractivity contribution in [1.82, 2.24) is 9.88 Å². The maximum absolute atomic E-state index is 13.0. The summed E-state index contributed by atoms with van der Waals surface area (Å²) in [6.07, 6.45) is 6.49. The number of hydrogen-bond acceptors (Lipinski definition) is 7. The Labute approximate surface area is 186 Å². The number of nitrogens with zero attached hydrogens (tertiary/aromatic N) is 2. The monoisotopic (exact) mass is 459 g/mol. The van der Waals surface area contributed by atoms with E-state index < -0.39 is 5.97 Å². The first-order valence-corrected chi connectivity index (χ1v) is 12.2. The van der Waals surface area contributed by atoms with Gasteiger partial charge in [-0.1, -0.05) is 25.2 Å². The van der Waals surface area contributed by atoms with Crippen molar-refractivity contribution in [3.8, 4) is 0 Å². The summed E-state index contributed by atoms with van der Waals surface area (Å²) in [6.45, 7) is 6.22. The Morgan fingerprint density at radius 3 is 2.70 bits per heavy atom. The summed E-state index contributed by atoms with van der Waals surface area (Å²) in [5.74, 6) is -0.389. The first kappa shape index (κ1) is 24.9. The molecular weight excluding hydrogens is 426 g/mol. The van der Waals surface area contributed by atoms with Crippen molar-refractivity contribution in [3.63, 3.8) is 0 Å². The Bertz CT molecular complexity index is 663. The van der Waals surface area contributed by atoms with Crippen molar-refractivity contribution >= 4 is 40.2 Å². The number of urea groups is 1. The topological polar surface area (TPSA) is 101 Å². The normalized spacial score (nSPS) is 19.1. The SMILES string of the molecule is COCCOC1CCC(N(CCC(C)C)C(=O)Nc2ncc(SCC(=O)O)s2)CC1. The van der Waals surface area contributed by atoms with Crippen molar-refractivity contribution in [2.45, 2.75) is 62.3 Å². The number of carboxylic acid groups (broad SMARTS) is 1. The number of nitrogens with one attached hydrogen (secondary N) is 1. The highest BCUT2D eigenvalue weighted by Crippen LogP contribution is 2.30. The number of methoxy groups -OCH3 is 1. The second-order valence-electron chi connectivity index (χ2n) is 7.77. The van der Waals surface area contributed by atoms with Crippen LogP contribution in [0.5, 0.6) is 0 Å². The fourth-order valence-corrected chi connectivity index (χ4v) is 4.93. The number of carbonyl (C=O) groups is 2. The fraction of sp³-hybridized carbons (Fsp3) is 0.750. The van der Waals surface area contributed by atoms with Gasteiger partial charge in [0.1, 0.15) is 0 Å². The number of carbonyl (C=O) groups excluding carboxylic acids is 1. The Morgan fingerprint density at radius 2 is 2.07 bits per heavy atom. The molecule has 0 unspecified atom stereocenters. The summed E-state index contributed by atoms with van der Waals surface area (Å²) < 4.78 is 11.7. The number of anilines is 1. The minimum atomic E-state index is -0.874. The van der Waals surface area contributed by atoms with Crippen molar-refractivity contribution in [1.29, 1.82) is 0 Å². The first-order chi connectivity index (χ1) is 14.4. The molecule has 1 fully saturated rings. The molecule has 0 saturated heterocycles. The zero-order chi connectivity index (χ0) is 21.9. The van der Waals surface area contributed by atoms with Crippen LogP contribution >= 0.6 is 23.1 Å². The van der Waals surface area contributed by atoms with Crippen molar-refractivity contribution in [2.24, 2.45) is 5.92 Å². The van der Waals surface area contributed by atoms with Crippen LogP contribution in [0, 0.1) is 5.92 Å². The highest BCUT2D eigenvalue weighted by molar-refractivity contribution is 8.01. The highest BCUT2D eigenvalue weighted by Gasteiger charge is 2.29. The Balaban J connectivity index is 1.92. The molecule has 8 nitrogen and oxygen atoms in total. The fourth-order valence-electron chi connectivity index (χ4n) is 3.35. The van der Waals surface area contributed by atoms with E-state index in [2.05, 4.69) is 24.1 Å². The smallest absolute Gasteiger partial charge is 0.323 e. The van der Waals surface area contributed by atoms with Crippen LogP contribution in [-0.2, 0) is 14.3 Å². The number of thioether (sulfide) groups is 1. The van der Waals surface area contributed by atoms with Gasteiger partial charge in [-0.3, -0.25) is 10.1 Å². The van der Waals surface area contributed by atoms with Gasteiger partial charge in [-0.2, -0.15) is 0 Å². The standard InChI is InChI=1S/C20H33N3O5S2/c1-14(2)8-9-23(15-4-6-16(7-5-15)28-11-10-27-3)20(26)22-19-21-12-18(30-19)29-13-17(24)25/h12,14-16H,4-11,13H2,1-3H3,(H,24,25)(H,21,22,26). The average Bonchev–Trinajstić information content (AvgIpc) is 3.15.